The number of piperazine rings is 1. The smallest absolute Gasteiger partial charge is 0.244 e. The van der Waals surface area contributed by atoms with Gasteiger partial charge in [0.25, 0.3) is 0 Å². The predicted octanol–water partition coefficient (Wildman–Crippen LogP) is 5.40. The summed E-state index contributed by atoms with van der Waals surface area (Å²) in [5.41, 5.74) is 5.42. The first kappa shape index (κ1) is 26.4. The van der Waals surface area contributed by atoms with Crippen molar-refractivity contribution in [2.45, 2.75) is 60.4 Å². The number of rotatable bonds is 9. The second-order valence-corrected chi connectivity index (χ2v) is 8.84. The Morgan fingerprint density at radius 2 is 1.80 bits per heavy atom. The van der Waals surface area contributed by atoms with Crippen LogP contribution in [0.5, 0.6) is 0 Å². The number of aliphatic imine (C=N–C) groups is 1. The Morgan fingerprint density at radius 1 is 1.09 bits per heavy atom. The summed E-state index contributed by atoms with van der Waals surface area (Å²) in [5.74, 6) is 0.514. The Kier molecular flexibility index (Phi) is 9.40. The first-order valence-corrected chi connectivity index (χ1v) is 12.6. The van der Waals surface area contributed by atoms with Crippen LogP contribution in [0.25, 0.3) is 11.3 Å². The van der Waals surface area contributed by atoms with Crippen molar-refractivity contribution in [3.05, 3.63) is 64.9 Å². The number of carbonyl (C=O) groups excluding carboxylic acids is 1. The molecule has 6 nitrogen and oxygen atoms in total. The van der Waals surface area contributed by atoms with Gasteiger partial charge in [-0.05, 0) is 56.4 Å². The van der Waals surface area contributed by atoms with Crippen LogP contribution in [0.3, 0.4) is 0 Å². The van der Waals surface area contributed by atoms with Crippen LogP contribution >= 0.6 is 0 Å². The Labute approximate surface area is 208 Å². The van der Waals surface area contributed by atoms with Gasteiger partial charge in [0, 0.05) is 37.4 Å². The van der Waals surface area contributed by atoms with E-state index in [1.807, 2.05) is 16.5 Å². The summed E-state index contributed by atoms with van der Waals surface area (Å²) in [4.78, 5) is 21.6. The zero-order valence-electron chi connectivity index (χ0n) is 21.7. The Bertz CT molecular complexity index is 1110. The van der Waals surface area contributed by atoms with E-state index in [9.17, 15) is 9.18 Å². The first-order chi connectivity index (χ1) is 16.9. The maximum absolute atomic E-state index is 13.6. The molecule has 1 amide bonds. The first-order valence-electron chi connectivity index (χ1n) is 12.6. The van der Waals surface area contributed by atoms with Crippen LogP contribution in [0.1, 0.15) is 52.3 Å². The lowest BCUT2D eigenvalue weighted by molar-refractivity contribution is -0.133. The zero-order chi connectivity index (χ0) is 25.4. The summed E-state index contributed by atoms with van der Waals surface area (Å²) in [6.07, 6.45) is 5.29. The van der Waals surface area contributed by atoms with Crippen molar-refractivity contribution in [3.8, 4) is 11.3 Å². The van der Waals surface area contributed by atoms with Gasteiger partial charge in [-0.15, -0.1) is 0 Å². The van der Waals surface area contributed by atoms with E-state index in [2.05, 4.69) is 61.0 Å². The number of aromatic nitrogens is 2. The van der Waals surface area contributed by atoms with E-state index in [4.69, 9.17) is 5.10 Å². The summed E-state index contributed by atoms with van der Waals surface area (Å²) in [7, 11) is 0. The summed E-state index contributed by atoms with van der Waals surface area (Å²) < 4.78 is 15.5. The molecular weight excluding hydrogens is 441 g/mol. The third kappa shape index (κ3) is 6.68. The highest BCUT2D eigenvalue weighted by molar-refractivity contribution is 5.77. The van der Waals surface area contributed by atoms with Crippen molar-refractivity contribution < 1.29 is 9.18 Å². The molecule has 2 aromatic rings. The molecule has 1 saturated heterocycles. The number of hydrogen-bond donors (Lipinski definition) is 0. The summed E-state index contributed by atoms with van der Waals surface area (Å²) in [6, 6.07) is 10.5. The Hall–Kier alpha value is -3.22. The fraction of sp³-hybridized carbons (Fsp3) is 0.464. The molecule has 1 aromatic carbocycles. The lowest BCUT2D eigenvalue weighted by Crippen LogP contribution is -2.49. The van der Waals surface area contributed by atoms with Gasteiger partial charge in [0.05, 0.1) is 11.9 Å². The molecule has 0 atom stereocenters. The van der Waals surface area contributed by atoms with Crippen molar-refractivity contribution in [2.24, 2.45) is 4.99 Å². The highest BCUT2D eigenvalue weighted by Gasteiger charge is 2.24. The van der Waals surface area contributed by atoms with Crippen LogP contribution in [0.15, 0.2) is 58.6 Å². The van der Waals surface area contributed by atoms with Crippen molar-refractivity contribution >= 4 is 12.1 Å². The number of amides is 1. The number of benzene rings is 1. The van der Waals surface area contributed by atoms with Gasteiger partial charge < -0.3 is 9.80 Å². The fourth-order valence-electron chi connectivity index (χ4n) is 4.18. The molecule has 1 fully saturated rings. The molecule has 7 heteroatoms. The molecule has 0 spiro atoms. The van der Waals surface area contributed by atoms with Gasteiger partial charge in [0.15, 0.2) is 0 Å². The minimum Gasteiger partial charge on any atom is -0.353 e. The average molecular weight is 480 g/mol. The van der Waals surface area contributed by atoms with Gasteiger partial charge in [-0.3, -0.25) is 9.48 Å². The maximum atomic E-state index is 13.6. The summed E-state index contributed by atoms with van der Waals surface area (Å²) >= 11 is 0. The standard InChI is InChI=1S/C28H38FN5O/c1-6-21(5)28(30-19-24(29)8-3)33-15-13-32(14-16-33)27(35)20-34-25(9-4)18-26(31-34)23-12-10-11-22(7-2)17-23/h8,10-12,17-19H,6-7,9,13-16,20H2,1-5H3/b24-8+,28-21?,30-19-. The fourth-order valence-corrected chi connectivity index (χ4v) is 4.18. The molecule has 0 bridgehead atoms. The molecule has 3 rings (SSSR count). The average Bonchev–Trinajstić information content (AvgIpc) is 3.31. The lowest BCUT2D eigenvalue weighted by atomic mass is 10.1. The maximum Gasteiger partial charge on any atom is 0.244 e. The van der Waals surface area contributed by atoms with Gasteiger partial charge in [-0.1, -0.05) is 45.0 Å². The number of carbonyl (C=O) groups is 1. The topological polar surface area (TPSA) is 53.7 Å². The van der Waals surface area contributed by atoms with Crippen LogP contribution in [0, 0.1) is 0 Å². The molecule has 1 aliphatic rings. The van der Waals surface area contributed by atoms with E-state index in [0.29, 0.717) is 26.2 Å². The lowest BCUT2D eigenvalue weighted by Gasteiger charge is -2.36. The van der Waals surface area contributed by atoms with Gasteiger partial charge >= 0.3 is 0 Å². The van der Waals surface area contributed by atoms with E-state index in [0.717, 1.165) is 47.6 Å². The highest BCUT2D eigenvalue weighted by atomic mass is 19.1. The molecule has 1 aliphatic heterocycles. The molecule has 0 saturated carbocycles. The van der Waals surface area contributed by atoms with Crippen LogP contribution in [-0.4, -0.2) is 57.9 Å². The second-order valence-electron chi connectivity index (χ2n) is 8.84. The number of nitrogens with zero attached hydrogens (tertiary/aromatic N) is 5. The van der Waals surface area contributed by atoms with Crippen LogP contribution < -0.4 is 0 Å². The molecule has 2 heterocycles. The molecule has 0 radical (unpaired) electrons. The van der Waals surface area contributed by atoms with Crippen LogP contribution in [0.2, 0.25) is 0 Å². The number of allylic oxidation sites excluding steroid dienone is 3. The third-order valence-corrected chi connectivity index (χ3v) is 6.57. The number of hydrogen-bond acceptors (Lipinski definition) is 4. The Morgan fingerprint density at radius 3 is 2.43 bits per heavy atom. The number of halogens is 1. The SMILES string of the molecule is C/C=C(F)\C=N/C(=C(C)CC)N1CCN(C(=O)Cn2nc(-c3cccc(CC)c3)cc2CC)CC1. The molecule has 188 valence electrons. The molecule has 0 aliphatic carbocycles. The molecular formula is C28H38FN5O. The van der Waals surface area contributed by atoms with E-state index in [1.165, 1.54) is 17.9 Å². The molecule has 35 heavy (non-hydrogen) atoms. The van der Waals surface area contributed by atoms with Crippen molar-refractivity contribution in [1.29, 1.82) is 0 Å². The molecule has 1 aromatic heterocycles. The zero-order valence-corrected chi connectivity index (χ0v) is 21.7. The van der Waals surface area contributed by atoms with Gasteiger partial charge in [0.1, 0.15) is 18.2 Å². The van der Waals surface area contributed by atoms with E-state index < -0.39 is 0 Å². The van der Waals surface area contributed by atoms with E-state index in [-0.39, 0.29) is 18.3 Å². The van der Waals surface area contributed by atoms with Crippen molar-refractivity contribution in [3.63, 3.8) is 0 Å². The van der Waals surface area contributed by atoms with Gasteiger partial charge in [-0.2, -0.15) is 5.10 Å². The highest BCUT2D eigenvalue weighted by Crippen LogP contribution is 2.22. The van der Waals surface area contributed by atoms with E-state index >= 15 is 0 Å². The predicted molar refractivity (Wildman–Crippen MR) is 141 cm³/mol. The normalized spacial score (nSPS) is 15.7. The van der Waals surface area contributed by atoms with Crippen LogP contribution in [-0.2, 0) is 24.2 Å². The summed E-state index contributed by atoms with van der Waals surface area (Å²) in [6.45, 7) is 12.8. The van der Waals surface area contributed by atoms with Crippen LogP contribution in [0.4, 0.5) is 4.39 Å². The minimum atomic E-state index is -0.355. The largest absolute Gasteiger partial charge is 0.353 e. The number of aryl methyl sites for hydroxylation is 2. The van der Waals surface area contributed by atoms with E-state index in [1.54, 1.807) is 6.92 Å². The van der Waals surface area contributed by atoms with Gasteiger partial charge in [-0.25, -0.2) is 9.38 Å². The quantitative estimate of drug-likeness (QED) is 0.452. The second kappa shape index (κ2) is 12.5. The van der Waals surface area contributed by atoms with Crippen molar-refractivity contribution in [1.82, 2.24) is 19.6 Å². The minimum absolute atomic E-state index is 0.0671. The molecule has 0 unspecified atom stereocenters. The van der Waals surface area contributed by atoms with Gasteiger partial charge in [0.2, 0.25) is 5.91 Å². The molecule has 0 N–H and O–H groups in total. The monoisotopic (exact) mass is 479 g/mol. The van der Waals surface area contributed by atoms with Crippen molar-refractivity contribution in [2.75, 3.05) is 26.2 Å². The third-order valence-electron chi connectivity index (χ3n) is 6.57. The Balaban J connectivity index is 1.68. The summed E-state index contributed by atoms with van der Waals surface area (Å²) in [5, 5.41) is 4.78.